The van der Waals surface area contributed by atoms with Crippen molar-refractivity contribution in [2.75, 3.05) is 13.1 Å². The van der Waals surface area contributed by atoms with Gasteiger partial charge in [-0.3, -0.25) is 0 Å². The summed E-state index contributed by atoms with van der Waals surface area (Å²) in [6, 6.07) is 3.43. The van der Waals surface area contributed by atoms with E-state index in [4.69, 9.17) is 10.8 Å². The van der Waals surface area contributed by atoms with Crippen molar-refractivity contribution in [2.45, 2.75) is 38.5 Å². The molecule has 0 spiro atoms. The fraction of sp³-hybridized carbons (Fsp3) is 0.538. The number of furan rings is 1. The summed E-state index contributed by atoms with van der Waals surface area (Å²) in [5.41, 5.74) is 0. The number of nitrogens with one attached hydrogen (secondary N) is 1. The molecule has 106 valence electrons. The zero-order valence-electron chi connectivity index (χ0n) is 11.5. The van der Waals surface area contributed by atoms with Gasteiger partial charge in [0.1, 0.15) is 5.76 Å². The lowest BCUT2D eigenvalue weighted by molar-refractivity contribution is 0.374. The lowest BCUT2D eigenvalue weighted by Crippen LogP contribution is -2.31. The van der Waals surface area contributed by atoms with E-state index in [0.717, 1.165) is 0 Å². The van der Waals surface area contributed by atoms with Crippen molar-refractivity contribution in [3.05, 3.63) is 17.9 Å². The predicted molar refractivity (Wildman–Crippen MR) is 73.9 cm³/mol. The molecule has 0 atom stereocenters. The Kier molecular flexibility index (Phi) is 5.60. The minimum Gasteiger partial charge on any atom is -0.447 e. The van der Waals surface area contributed by atoms with Crippen LogP contribution in [0, 0.1) is 12.3 Å². The summed E-state index contributed by atoms with van der Waals surface area (Å²) in [5, 5.41) is 3.10. The second-order valence-electron chi connectivity index (χ2n) is 4.39. The van der Waals surface area contributed by atoms with Gasteiger partial charge in [-0.2, -0.15) is 4.31 Å². The number of hydrogen-bond acceptors (Lipinski definition) is 4. The van der Waals surface area contributed by atoms with E-state index in [1.54, 1.807) is 13.0 Å². The summed E-state index contributed by atoms with van der Waals surface area (Å²) < 4.78 is 31.0. The van der Waals surface area contributed by atoms with Gasteiger partial charge < -0.3 is 9.73 Å². The molecule has 19 heavy (non-hydrogen) atoms. The molecule has 0 bridgehead atoms. The molecule has 0 unspecified atom stereocenters. The van der Waals surface area contributed by atoms with E-state index in [9.17, 15) is 8.42 Å². The number of nitrogens with zero attached hydrogens (tertiary/aromatic N) is 1. The number of hydrogen-bond donors (Lipinski definition) is 1. The summed E-state index contributed by atoms with van der Waals surface area (Å²) in [7, 11) is -3.63. The highest BCUT2D eigenvalue weighted by atomic mass is 32.2. The third kappa shape index (κ3) is 4.10. The van der Waals surface area contributed by atoms with Gasteiger partial charge in [-0.15, -0.1) is 6.42 Å². The zero-order chi connectivity index (χ0) is 14.5. The molecule has 0 aliphatic heterocycles. The summed E-state index contributed by atoms with van der Waals surface area (Å²) in [6.45, 7) is 6.60. The molecule has 1 N–H and O–H groups in total. The van der Waals surface area contributed by atoms with Crippen LogP contribution >= 0.6 is 0 Å². The highest BCUT2D eigenvalue weighted by Gasteiger charge is 2.25. The highest BCUT2D eigenvalue weighted by molar-refractivity contribution is 7.89. The first-order chi connectivity index (χ1) is 8.91. The van der Waals surface area contributed by atoms with Gasteiger partial charge in [0.25, 0.3) is 10.0 Å². The molecule has 1 rings (SSSR count). The molecule has 0 aliphatic carbocycles. The fourth-order valence-corrected chi connectivity index (χ4v) is 2.78. The Morgan fingerprint density at radius 2 is 2.16 bits per heavy atom. The largest absolute Gasteiger partial charge is 0.447 e. The quantitative estimate of drug-likeness (QED) is 0.769. The van der Waals surface area contributed by atoms with Crippen molar-refractivity contribution in [2.24, 2.45) is 0 Å². The first-order valence-corrected chi connectivity index (χ1v) is 7.61. The molecule has 5 nitrogen and oxygen atoms in total. The summed E-state index contributed by atoms with van der Waals surface area (Å²) in [6.07, 6.45) is 5.17. The molecule has 6 heteroatoms. The van der Waals surface area contributed by atoms with Crippen molar-refractivity contribution >= 4 is 10.0 Å². The number of terminal acetylenes is 1. The van der Waals surface area contributed by atoms with Crippen LogP contribution in [0.1, 0.15) is 26.5 Å². The van der Waals surface area contributed by atoms with E-state index >= 15 is 0 Å². The average molecular weight is 284 g/mol. The fourth-order valence-electron chi connectivity index (χ4n) is 1.49. The Bertz CT molecular complexity index is 540. The van der Waals surface area contributed by atoms with Crippen molar-refractivity contribution in [3.8, 4) is 12.3 Å². The monoisotopic (exact) mass is 284 g/mol. The maximum Gasteiger partial charge on any atom is 0.277 e. The third-order valence-electron chi connectivity index (χ3n) is 2.54. The SMILES string of the molecule is C#CCN(CC)S(=O)(=O)c1ccc(CNC(C)C)o1. The van der Waals surface area contributed by atoms with Crippen LogP contribution in [0.5, 0.6) is 0 Å². The Balaban J connectivity index is 2.88. The van der Waals surface area contributed by atoms with Crippen molar-refractivity contribution in [3.63, 3.8) is 0 Å². The van der Waals surface area contributed by atoms with Gasteiger partial charge in [0.15, 0.2) is 0 Å². The van der Waals surface area contributed by atoms with Crippen LogP contribution in [0.2, 0.25) is 0 Å². The standard InChI is InChI=1S/C13H20N2O3S/c1-5-9-15(6-2)19(16,17)13-8-7-12(18-13)10-14-11(3)4/h1,7-8,11,14H,6,9-10H2,2-4H3. The highest BCUT2D eigenvalue weighted by Crippen LogP contribution is 2.18. The Hall–Kier alpha value is -1.29. The molecule has 0 fully saturated rings. The number of sulfonamides is 1. The van der Waals surface area contributed by atoms with Crippen LogP contribution in [0.25, 0.3) is 0 Å². The summed E-state index contributed by atoms with van der Waals surface area (Å²) in [4.78, 5) is 0. The average Bonchev–Trinajstić information content (AvgIpc) is 2.82. The van der Waals surface area contributed by atoms with E-state index in [0.29, 0.717) is 24.9 Å². The molecule has 0 aromatic carbocycles. The van der Waals surface area contributed by atoms with Crippen LogP contribution in [0.3, 0.4) is 0 Å². The molecular formula is C13H20N2O3S. The molecule has 1 aromatic rings. The molecule has 0 saturated carbocycles. The molecule has 0 saturated heterocycles. The predicted octanol–water partition coefficient (Wildman–Crippen LogP) is 1.42. The molecule has 0 radical (unpaired) electrons. The van der Waals surface area contributed by atoms with E-state index in [1.165, 1.54) is 10.4 Å². The zero-order valence-corrected chi connectivity index (χ0v) is 12.3. The van der Waals surface area contributed by atoms with Gasteiger partial charge in [-0.05, 0) is 12.1 Å². The van der Waals surface area contributed by atoms with Crippen molar-refractivity contribution in [1.82, 2.24) is 9.62 Å². The van der Waals surface area contributed by atoms with Crippen LogP contribution in [-0.2, 0) is 16.6 Å². The smallest absolute Gasteiger partial charge is 0.277 e. The van der Waals surface area contributed by atoms with Gasteiger partial charge in [-0.25, -0.2) is 8.42 Å². The van der Waals surface area contributed by atoms with Gasteiger partial charge >= 0.3 is 0 Å². The second-order valence-corrected chi connectivity index (χ2v) is 6.26. The maximum absolute atomic E-state index is 12.2. The topological polar surface area (TPSA) is 62.6 Å². The molecular weight excluding hydrogens is 264 g/mol. The van der Waals surface area contributed by atoms with E-state index in [1.807, 2.05) is 13.8 Å². The normalized spacial score (nSPS) is 12.0. The Morgan fingerprint density at radius 3 is 2.68 bits per heavy atom. The lowest BCUT2D eigenvalue weighted by Gasteiger charge is -2.15. The van der Waals surface area contributed by atoms with Gasteiger partial charge in [0, 0.05) is 12.6 Å². The second kappa shape index (κ2) is 6.75. The van der Waals surface area contributed by atoms with Crippen LogP contribution in [0.4, 0.5) is 0 Å². The lowest BCUT2D eigenvalue weighted by atomic mass is 10.3. The Labute approximate surface area is 115 Å². The van der Waals surface area contributed by atoms with Gasteiger partial charge in [0.2, 0.25) is 5.09 Å². The minimum absolute atomic E-state index is 0.0408. The summed E-state index contributed by atoms with van der Waals surface area (Å²) >= 11 is 0. The van der Waals surface area contributed by atoms with Gasteiger partial charge in [-0.1, -0.05) is 26.7 Å². The molecule has 0 amide bonds. The number of rotatable bonds is 7. The molecule has 1 heterocycles. The van der Waals surface area contributed by atoms with Crippen LogP contribution in [0.15, 0.2) is 21.6 Å². The minimum atomic E-state index is -3.63. The van der Waals surface area contributed by atoms with E-state index in [2.05, 4.69) is 11.2 Å². The summed E-state index contributed by atoms with van der Waals surface area (Å²) in [5.74, 6) is 2.92. The van der Waals surface area contributed by atoms with Crippen LogP contribution < -0.4 is 5.32 Å². The van der Waals surface area contributed by atoms with E-state index < -0.39 is 10.0 Å². The van der Waals surface area contributed by atoms with Crippen molar-refractivity contribution < 1.29 is 12.8 Å². The van der Waals surface area contributed by atoms with Crippen molar-refractivity contribution in [1.29, 1.82) is 0 Å². The van der Waals surface area contributed by atoms with Gasteiger partial charge in [0.05, 0.1) is 13.1 Å². The first kappa shape index (κ1) is 15.8. The van der Waals surface area contributed by atoms with Crippen LogP contribution in [-0.4, -0.2) is 31.9 Å². The molecule has 0 aliphatic rings. The van der Waals surface area contributed by atoms with E-state index in [-0.39, 0.29) is 11.6 Å². The first-order valence-electron chi connectivity index (χ1n) is 6.17. The maximum atomic E-state index is 12.2. The third-order valence-corrected chi connectivity index (χ3v) is 4.33. The Morgan fingerprint density at radius 1 is 1.47 bits per heavy atom. The molecule has 1 aromatic heterocycles.